The smallest absolute Gasteiger partial charge is 0.128 e. The van der Waals surface area contributed by atoms with E-state index in [0.29, 0.717) is 0 Å². The third kappa shape index (κ3) is 2.44. The van der Waals surface area contributed by atoms with Crippen molar-refractivity contribution in [2.24, 2.45) is 5.73 Å². The van der Waals surface area contributed by atoms with Crippen molar-refractivity contribution in [2.75, 3.05) is 0 Å². The number of hydrogen-bond acceptors (Lipinski definition) is 1. The molecule has 2 aromatic carbocycles. The standard InChI is InChI=1S/C14H12BrF2N/c1-8-3-2-4-10(13(8)15)14(18)11-7-9(16)5-6-12(11)17/h2-7,14H,18H2,1H3. The minimum Gasteiger partial charge on any atom is -0.320 e. The van der Waals surface area contributed by atoms with Crippen molar-refractivity contribution in [3.63, 3.8) is 0 Å². The third-order valence-corrected chi connectivity index (χ3v) is 3.93. The van der Waals surface area contributed by atoms with E-state index in [4.69, 9.17) is 5.73 Å². The van der Waals surface area contributed by atoms with Crippen LogP contribution in [0.4, 0.5) is 8.78 Å². The summed E-state index contributed by atoms with van der Waals surface area (Å²) in [6.07, 6.45) is 0. The van der Waals surface area contributed by atoms with Gasteiger partial charge in [0, 0.05) is 10.0 Å². The van der Waals surface area contributed by atoms with E-state index in [-0.39, 0.29) is 5.56 Å². The Balaban J connectivity index is 2.51. The van der Waals surface area contributed by atoms with Crippen molar-refractivity contribution in [2.45, 2.75) is 13.0 Å². The molecule has 0 amide bonds. The predicted molar refractivity (Wildman–Crippen MR) is 71.3 cm³/mol. The molecule has 0 aliphatic carbocycles. The molecule has 94 valence electrons. The van der Waals surface area contributed by atoms with E-state index < -0.39 is 17.7 Å². The van der Waals surface area contributed by atoms with Gasteiger partial charge < -0.3 is 5.73 Å². The zero-order chi connectivity index (χ0) is 13.3. The van der Waals surface area contributed by atoms with Crippen LogP contribution >= 0.6 is 15.9 Å². The van der Waals surface area contributed by atoms with Crippen molar-refractivity contribution in [1.82, 2.24) is 0 Å². The Morgan fingerprint density at radius 1 is 1.11 bits per heavy atom. The second-order valence-corrected chi connectivity index (χ2v) is 4.91. The molecule has 0 saturated carbocycles. The number of aryl methyl sites for hydroxylation is 1. The Labute approximate surface area is 113 Å². The van der Waals surface area contributed by atoms with Gasteiger partial charge in [-0.05, 0) is 36.2 Å². The Morgan fingerprint density at radius 3 is 2.56 bits per heavy atom. The van der Waals surface area contributed by atoms with Crippen LogP contribution in [0.1, 0.15) is 22.7 Å². The van der Waals surface area contributed by atoms with Gasteiger partial charge in [0.15, 0.2) is 0 Å². The van der Waals surface area contributed by atoms with E-state index in [1.165, 1.54) is 0 Å². The van der Waals surface area contributed by atoms with Crippen LogP contribution in [-0.2, 0) is 0 Å². The number of nitrogens with two attached hydrogens (primary N) is 1. The summed E-state index contributed by atoms with van der Waals surface area (Å²) in [5.41, 5.74) is 7.91. The van der Waals surface area contributed by atoms with E-state index in [2.05, 4.69) is 15.9 Å². The van der Waals surface area contributed by atoms with Crippen LogP contribution in [0.15, 0.2) is 40.9 Å². The lowest BCUT2D eigenvalue weighted by Crippen LogP contribution is -2.15. The van der Waals surface area contributed by atoms with Gasteiger partial charge in [0.1, 0.15) is 11.6 Å². The lowest BCUT2D eigenvalue weighted by atomic mass is 9.97. The minimum atomic E-state index is -0.699. The van der Waals surface area contributed by atoms with Crippen LogP contribution < -0.4 is 5.73 Å². The molecular formula is C14H12BrF2N. The lowest BCUT2D eigenvalue weighted by molar-refractivity contribution is 0.576. The normalized spacial score (nSPS) is 12.5. The van der Waals surface area contributed by atoms with Gasteiger partial charge in [0.05, 0.1) is 6.04 Å². The van der Waals surface area contributed by atoms with Crippen molar-refractivity contribution < 1.29 is 8.78 Å². The average Bonchev–Trinajstić information content (AvgIpc) is 2.35. The van der Waals surface area contributed by atoms with E-state index >= 15 is 0 Å². The van der Waals surface area contributed by atoms with Gasteiger partial charge in [-0.15, -0.1) is 0 Å². The van der Waals surface area contributed by atoms with Crippen molar-refractivity contribution >= 4 is 15.9 Å². The molecular weight excluding hydrogens is 300 g/mol. The number of rotatable bonds is 2. The average molecular weight is 312 g/mol. The lowest BCUT2D eigenvalue weighted by Gasteiger charge is -2.16. The first-order valence-electron chi connectivity index (χ1n) is 5.46. The van der Waals surface area contributed by atoms with Gasteiger partial charge in [-0.25, -0.2) is 8.78 Å². The number of halogens is 3. The van der Waals surface area contributed by atoms with Crippen LogP contribution in [0.5, 0.6) is 0 Å². The van der Waals surface area contributed by atoms with Crippen LogP contribution in [0, 0.1) is 18.6 Å². The molecule has 0 fully saturated rings. The largest absolute Gasteiger partial charge is 0.320 e. The monoisotopic (exact) mass is 311 g/mol. The summed E-state index contributed by atoms with van der Waals surface area (Å²) in [5, 5.41) is 0. The highest BCUT2D eigenvalue weighted by molar-refractivity contribution is 9.10. The zero-order valence-corrected chi connectivity index (χ0v) is 11.3. The van der Waals surface area contributed by atoms with Crippen molar-refractivity contribution in [1.29, 1.82) is 0 Å². The molecule has 2 rings (SSSR count). The number of benzene rings is 2. The van der Waals surface area contributed by atoms with Gasteiger partial charge in [0.2, 0.25) is 0 Å². The van der Waals surface area contributed by atoms with Crippen LogP contribution in [0.25, 0.3) is 0 Å². The maximum absolute atomic E-state index is 13.7. The molecule has 0 aliphatic heterocycles. The maximum Gasteiger partial charge on any atom is 0.128 e. The van der Waals surface area contributed by atoms with Gasteiger partial charge >= 0.3 is 0 Å². The molecule has 4 heteroatoms. The summed E-state index contributed by atoms with van der Waals surface area (Å²) in [7, 11) is 0. The van der Waals surface area contributed by atoms with Gasteiger partial charge in [-0.2, -0.15) is 0 Å². The Hall–Kier alpha value is -1.26. The Bertz CT molecular complexity index is 582. The molecule has 1 atom stereocenters. The van der Waals surface area contributed by atoms with Crippen molar-refractivity contribution in [3.8, 4) is 0 Å². The zero-order valence-electron chi connectivity index (χ0n) is 9.75. The van der Waals surface area contributed by atoms with E-state index in [9.17, 15) is 8.78 Å². The second-order valence-electron chi connectivity index (χ2n) is 4.12. The molecule has 0 bridgehead atoms. The van der Waals surface area contributed by atoms with Crippen molar-refractivity contribution in [3.05, 3.63) is 69.2 Å². The summed E-state index contributed by atoms with van der Waals surface area (Å²) in [5.74, 6) is -0.997. The van der Waals surface area contributed by atoms with Crippen LogP contribution in [0.3, 0.4) is 0 Å². The third-order valence-electron chi connectivity index (χ3n) is 2.85. The van der Waals surface area contributed by atoms with Gasteiger partial charge in [-0.1, -0.05) is 34.1 Å². The first-order valence-corrected chi connectivity index (χ1v) is 6.25. The molecule has 0 aromatic heterocycles. The Morgan fingerprint density at radius 2 is 1.83 bits per heavy atom. The molecule has 1 nitrogen and oxygen atoms in total. The van der Waals surface area contributed by atoms with Gasteiger partial charge in [0.25, 0.3) is 0 Å². The summed E-state index contributed by atoms with van der Waals surface area (Å²) >= 11 is 3.42. The number of hydrogen-bond donors (Lipinski definition) is 1. The highest BCUT2D eigenvalue weighted by Crippen LogP contribution is 2.30. The fourth-order valence-electron chi connectivity index (χ4n) is 1.83. The minimum absolute atomic E-state index is 0.154. The molecule has 2 N–H and O–H groups in total. The summed E-state index contributed by atoms with van der Waals surface area (Å²) in [4.78, 5) is 0. The molecule has 0 saturated heterocycles. The molecule has 2 aromatic rings. The topological polar surface area (TPSA) is 26.0 Å². The second kappa shape index (κ2) is 5.16. The molecule has 0 radical (unpaired) electrons. The Kier molecular flexibility index (Phi) is 3.78. The van der Waals surface area contributed by atoms with Crippen LogP contribution in [0.2, 0.25) is 0 Å². The van der Waals surface area contributed by atoms with Crippen LogP contribution in [-0.4, -0.2) is 0 Å². The summed E-state index contributed by atoms with van der Waals surface area (Å²) < 4.78 is 27.7. The molecule has 18 heavy (non-hydrogen) atoms. The first kappa shape index (κ1) is 13.2. The molecule has 0 spiro atoms. The fourth-order valence-corrected chi connectivity index (χ4v) is 2.34. The quantitative estimate of drug-likeness (QED) is 0.888. The molecule has 0 heterocycles. The highest BCUT2D eigenvalue weighted by Gasteiger charge is 2.17. The van der Waals surface area contributed by atoms with E-state index in [1.54, 1.807) is 6.07 Å². The van der Waals surface area contributed by atoms with E-state index in [0.717, 1.165) is 33.8 Å². The first-order chi connectivity index (χ1) is 8.50. The summed E-state index contributed by atoms with van der Waals surface area (Å²) in [6, 6.07) is 8.16. The molecule has 1 unspecified atom stereocenters. The molecule has 0 aliphatic rings. The fraction of sp³-hybridized carbons (Fsp3) is 0.143. The maximum atomic E-state index is 13.7. The predicted octanol–water partition coefficient (Wildman–Crippen LogP) is 4.08. The van der Waals surface area contributed by atoms with E-state index in [1.807, 2.05) is 19.1 Å². The van der Waals surface area contributed by atoms with Gasteiger partial charge in [-0.3, -0.25) is 0 Å². The SMILES string of the molecule is Cc1cccc(C(N)c2cc(F)ccc2F)c1Br. The highest BCUT2D eigenvalue weighted by atomic mass is 79.9. The summed E-state index contributed by atoms with van der Waals surface area (Å²) in [6.45, 7) is 1.92.